The quantitative estimate of drug-likeness (QED) is 0.893. The Morgan fingerprint density at radius 1 is 1.31 bits per heavy atom. The molecule has 0 bridgehead atoms. The summed E-state index contributed by atoms with van der Waals surface area (Å²) in [6.45, 7) is 0.322. The van der Waals surface area contributed by atoms with Gasteiger partial charge in [0.05, 0.1) is 6.04 Å². The maximum Gasteiger partial charge on any atom is 0.128 e. The molecule has 0 aliphatic rings. The van der Waals surface area contributed by atoms with Crippen molar-refractivity contribution < 1.29 is 4.39 Å². The van der Waals surface area contributed by atoms with Crippen molar-refractivity contribution in [2.75, 3.05) is 6.54 Å². The van der Waals surface area contributed by atoms with Gasteiger partial charge < -0.3 is 5.73 Å². The minimum atomic E-state index is -0.247. The zero-order valence-electron chi connectivity index (χ0n) is 8.58. The Balaban J connectivity index is 0.00000128. The third-order valence-corrected chi connectivity index (χ3v) is 2.33. The Bertz CT molecular complexity index is 431. The molecule has 2 N–H and O–H groups in total. The monoisotopic (exact) mass is 241 g/mol. The highest BCUT2D eigenvalue weighted by atomic mass is 35.5. The van der Waals surface area contributed by atoms with Crippen LogP contribution in [0.1, 0.15) is 11.6 Å². The molecule has 3 nitrogen and oxygen atoms in total. The van der Waals surface area contributed by atoms with Crippen LogP contribution in [0.5, 0.6) is 0 Å². The van der Waals surface area contributed by atoms with E-state index < -0.39 is 0 Å². The molecule has 0 fully saturated rings. The Morgan fingerprint density at radius 3 is 2.62 bits per heavy atom. The fourth-order valence-electron chi connectivity index (χ4n) is 1.59. The van der Waals surface area contributed by atoms with E-state index in [1.807, 2.05) is 0 Å². The van der Waals surface area contributed by atoms with E-state index in [0.29, 0.717) is 12.1 Å². The van der Waals surface area contributed by atoms with Crippen molar-refractivity contribution in [3.05, 3.63) is 54.1 Å². The van der Waals surface area contributed by atoms with Crippen LogP contribution < -0.4 is 5.73 Å². The van der Waals surface area contributed by atoms with Gasteiger partial charge in [0.15, 0.2) is 0 Å². The van der Waals surface area contributed by atoms with Crippen LogP contribution in [0.3, 0.4) is 0 Å². The van der Waals surface area contributed by atoms with Crippen molar-refractivity contribution in [1.82, 2.24) is 9.78 Å². The molecule has 1 atom stereocenters. The average molecular weight is 242 g/mol. The third kappa shape index (κ3) is 2.40. The number of aromatic nitrogens is 2. The molecule has 0 saturated carbocycles. The van der Waals surface area contributed by atoms with Crippen LogP contribution in [-0.2, 0) is 0 Å². The Labute approximate surface area is 99.5 Å². The molecule has 2 rings (SSSR count). The van der Waals surface area contributed by atoms with E-state index in [2.05, 4.69) is 5.10 Å². The van der Waals surface area contributed by atoms with Gasteiger partial charge in [-0.1, -0.05) is 18.2 Å². The average Bonchev–Trinajstić information content (AvgIpc) is 2.75. The first kappa shape index (κ1) is 12.7. The largest absolute Gasteiger partial charge is 0.328 e. The van der Waals surface area contributed by atoms with E-state index >= 15 is 0 Å². The van der Waals surface area contributed by atoms with Gasteiger partial charge in [-0.05, 0) is 12.1 Å². The van der Waals surface area contributed by atoms with Gasteiger partial charge in [0.25, 0.3) is 0 Å². The number of rotatable bonds is 3. The number of halogens is 2. The Hall–Kier alpha value is -1.39. The summed E-state index contributed by atoms with van der Waals surface area (Å²) in [5, 5.41) is 4.07. The topological polar surface area (TPSA) is 43.8 Å². The first-order chi connectivity index (χ1) is 7.33. The summed E-state index contributed by atoms with van der Waals surface area (Å²) in [5.74, 6) is -0.247. The number of hydrogen-bond acceptors (Lipinski definition) is 2. The van der Waals surface area contributed by atoms with Gasteiger partial charge in [0.1, 0.15) is 5.82 Å². The van der Waals surface area contributed by atoms with Crippen LogP contribution >= 0.6 is 12.4 Å². The summed E-state index contributed by atoms with van der Waals surface area (Å²) in [7, 11) is 0. The predicted molar refractivity (Wildman–Crippen MR) is 63.1 cm³/mol. The molecular weight excluding hydrogens is 229 g/mol. The second-order valence-electron chi connectivity index (χ2n) is 3.26. The molecular formula is C11H13ClFN3. The van der Waals surface area contributed by atoms with Crippen molar-refractivity contribution >= 4 is 12.4 Å². The normalized spacial score (nSPS) is 11.9. The highest BCUT2D eigenvalue weighted by Crippen LogP contribution is 2.19. The van der Waals surface area contributed by atoms with Crippen LogP contribution in [0, 0.1) is 5.82 Å². The molecule has 0 radical (unpaired) electrons. The summed E-state index contributed by atoms with van der Waals surface area (Å²) in [6.07, 6.45) is 3.44. The Morgan fingerprint density at radius 2 is 2.06 bits per heavy atom. The highest BCUT2D eigenvalue weighted by molar-refractivity contribution is 5.85. The molecule has 5 heteroatoms. The molecule has 2 aromatic rings. The molecule has 1 aromatic heterocycles. The summed E-state index contributed by atoms with van der Waals surface area (Å²) < 4.78 is 15.2. The zero-order valence-corrected chi connectivity index (χ0v) is 9.40. The van der Waals surface area contributed by atoms with Crippen LogP contribution in [0.25, 0.3) is 0 Å². The summed E-state index contributed by atoms with van der Waals surface area (Å²) in [5.41, 5.74) is 6.21. The number of hydrogen-bond donors (Lipinski definition) is 1. The lowest BCUT2D eigenvalue weighted by Crippen LogP contribution is -2.21. The first-order valence-corrected chi connectivity index (χ1v) is 4.76. The van der Waals surface area contributed by atoms with Crippen molar-refractivity contribution in [2.45, 2.75) is 6.04 Å². The van der Waals surface area contributed by atoms with Gasteiger partial charge in [-0.25, -0.2) is 4.39 Å². The maximum atomic E-state index is 13.5. The summed E-state index contributed by atoms with van der Waals surface area (Å²) in [6, 6.07) is 8.18. The molecule has 0 saturated heterocycles. The maximum absolute atomic E-state index is 13.5. The molecule has 0 spiro atoms. The lowest BCUT2D eigenvalue weighted by atomic mass is 10.1. The van der Waals surface area contributed by atoms with E-state index in [1.165, 1.54) is 6.07 Å². The summed E-state index contributed by atoms with van der Waals surface area (Å²) >= 11 is 0. The van der Waals surface area contributed by atoms with E-state index in [9.17, 15) is 4.39 Å². The molecule has 0 amide bonds. The molecule has 1 heterocycles. The van der Waals surface area contributed by atoms with Gasteiger partial charge in [-0.2, -0.15) is 5.10 Å². The number of benzene rings is 1. The van der Waals surface area contributed by atoms with Crippen LogP contribution in [-0.4, -0.2) is 16.3 Å². The van der Waals surface area contributed by atoms with E-state index in [4.69, 9.17) is 5.73 Å². The Kier molecular flexibility index (Phi) is 4.46. The highest BCUT2D eigenvalue weighted by Gasteiger charge is 2.15. The smallest absolute Gasteiger partial charge is 0.128 e. The van der Waals surface area contributed by atoms with Crippen LogP contribution in [0.4, 0.5) is 4.39 Å². The third-order valence-electron chi connectivity index (χ3n) is 2.33. The lowest BCUT2D eigenvalue weighted by Gasteiger charge is -2.16. The molecule has 86 valence electrons. The van der Waals surface area contributed by atoms with Gasteiger partial charge in [-0.15, -0.1) is 12.4 Å². The second kappa shape index (κ2) is 5.63. The fourth-order valence-corrected chi connectivity index (χ4v) is 1.59. The van der Waals surface area contributed by atoms with E-state index in [-0.39, 0.29) is 24.3 Å². The minimum absolute atomic E-state index is 0. The standard InChI is InChI=1S/C11H12FN3.ClH/c12-10-5-2-1-4-9(10)11(8-13)15-7-3-6-14-15;/h1-7,11H,8,13H2;1H. The lowest BCUT2D eigenvalue weighted by molar-refractivity contribution is 0.498. The van der Waals surface area contributed by atoms with Crippen molar-refractivity contribution in [3.63, 3.8) is 0 Å². The molecule has 1 aromatic carbocycles. The first-order valence-electron chi connectivity index (χ1n) is 4.76. The minimum Gasteiger partial charge on any atom is -0.328 e. The van der Waals surface area contributed by atoms with E-state index in [1.54, 1.807) is 41.3 Å². The van der Waals surface area contributed by atoms with Gasteiger partial charge >= 0.3 is 0 Å². The number of nitrogens with zero attached hydrogens (tertiary/aromatic N) is 2. The molecule has 1 unspecified atom stereocenters. The van der Waals surface area contributed by atoms with Crippen molar-refractivity contribution in [3.8, 4) is 0 Å². The molecule has 16 heavy (non-hydrogen) atoms. The summed E-state index contributed by atoms with van der Waals surface area (Å²) in [4.78, 5) is 0. The van der Waals surface area contributed by atoms with E-state index in [0.717, 1.165) is 0 Å². The van der Waals surface area contributed by atoms with Crippen LogP contribution in [0.2, 0.25) is 0 Å². The second-order valence-corrected chi connectivity index (χ2v) is 3.26. The van der Waals surface area contributed by atoms with Gasteiger partial charge in [-0.3, -0.25) is 4.68 Å². The van der Waals surface area contributed by atoms with Crippen molar-refractivity contribution in [1.29, 1.82) is 0 Å². The predicted octanol–water partition coefficient (Wildman–Crippen LogP) is 1.99. The number of nitrogens with two attached hydrogens (primary N) is 1. The fraction of sp³-hybridized carbons (Fsp3) is 0.182. The van der Waals surface area contributed by atoms with Crippen LogP contribution in [0.15, 0.2) is 42.7 Å². The zero-order chi connectivity index (χ0) is 10.7. The van der Waals surface area contributed by atoms with Gasteiger partial charge in [0, 0.05) is 24.5 Å². The molecule has 0 aliphatic heterocycles. The molecule has 0 aliphatic carbocycles. The van der Waals surface area contributed by atoms with Gasteiger partial charge in [0.2, 0.25) is 0 Å². The van der Waals surface area contributed by atoms with Crippen molar-refractivity contribution in [2.24, 2.45) is 5.73 Å². The SMILES string of the molecule is Cl.NCC(c1ccccc1F)n1cccn1.